The molecule has 1 atom stereocenters. The lowest BCUT2D eigenvalue weighted by Crippen LogP contribution is -2.45. The summed E-state index contributed by atoms with van der Waals surface area (Å²) in [4.78, 5) is 36.6. The molecule has 47 heavy (non-hydrogen) atoms. The number of benzene rings is 1. The third kappa shape index (κ3) is 8.72. The molecular weight excluding hydrogens is 624 g/mol. The predicted molar refractivity (Wildman–Crippen MR) is 176 cm³/mol. The summed E-state index contributed by atoms with van der Waals surface area (Å²) in [6, 6.07) is 9.77. The van der Waals surface area contributed by atoms with Crippen molar-refractivity contribution in [1.82, 2.24) is 24.8 Å². The molecule has 0 unspecified atom stereocenters. The number of sulfone groups is 1. The van der Waals surface area contributed by atoms with Crippen LogP contribution in [0.15, 0.2) is 42.7 Å². The van der Waals surface area contributed by atoms with Crippen molar-refractivity contribution in [2.24, 2.45) is 5.92 Å². The van der Waals surface area contributed by atoms with Gasteiger partial charge in [-0.15, -0.1) is 0 Å². The fourth-order valence-electron chi connectivity index (χ4n) is 6.67. The van der Waals surface area contributed by atoms with Gasteiger partial charge in [0.15, 0.2) is 6.23 Å². The van der Waals surface area contributed by atoms with Crippen LogP contribution in [0, 0.1) is 5.92 Å². The molecule has 2 saturated heterocycles. The number of anilines is 1. The van der Waals surface area contributed by atoms with Crippen LogP contribution in [0.25, 0.3) is 16.7 Å². The van der Waals surface area contributed by atoms with Crippen molar-refractivity contribution in [2.45, 2.75) is 76.2 Å². The quantitative estimate of drug-likeness (QED) is 0.225. The predicted octanol–water partition coefficient (Wildman–Crippen LogP) is 4.06. The van der Waals surface area contributed by atoms with E-state index in [1.165, 1.54) is 6.26 Å². The van der Waals surface area contributed by atoms with Crippen LogP contribution in [-0.4, -0.2) is 96.5 Å². The van der Waals surface area contributed by atoms with Gasteiger partial charge >= 0.3 is 6.16 Å². The van der Waals surface area contributed by atoms with Gasteiger partial charge in [0.2, 0.25) is 11.9 Å². The molecule has 4 heterocycles. The highest BCUT2D eigenvalue weighted by Crippen LogP contribution is 2.31. The lowest BCUT2D eigenvalue weighted by molar-refractivity contribution is -0.138. The third-order valence-electron chi connectivity index (χ3n) is 9.18. The first-order valence-electron chi connectivity index (χ1n) is 16.6. The number of amides is 1. The Morgan fingerprint density at radius 2 is 1.83 bits per heavy atom. The molecule has 1 saturated carbocycles. The number of nitrogens with zero attached hydrogens (tertiary/aromatic N) is 4. The number of likely N-dealkylation sites (tertiary alicyclic amines) is 1. The van der Waals surface area contributed by atoms with Crippen molar-refractivity contribution in [2.75, 3.05) is 43.6 Å². The summed E-state index contributed by atoms with van der Waals surface area (Å²) in [6.45, 7) is 2.34. The third-order valence-corrected chi connectivity index (χ3v) is 10.2. The van der Waals surface area contributed by atoms with Crippen LogP contribution in [0.3, 0.4) is 0 Å². The molecule has 6 rings (SSSR count). The molecule has 0 bridgehead atoms. The first-order chi connectivity index (χ1) is 22.7. The number of carbonyl (C=O) groups excluding carboxylic acids is 2. The van der Waals surface area contributed by atoms with E-state index in [1.807, 2.05) is 46.0 Å². The average Bonchev–Trinajstić information content (AvgIpc) is 3.74. The van der Waals surface area contributed by atoms with Crippen molar-refractivity contribution in [3.05, 3.63) is 42.7 Å². The molecule has 1 amide bonds. The fourth-order valence-corrected chi connectivity index (χ4v) is 7.32. The van der Waals surface area contributed by atoms with Gasteiger partial charge < -0.3 is 29.0 Å². The summed E-state index contributed by atoms with van der Waals surface area (Å²) < 4.78 is 41.6. The Hall–Kier alpha value is -3.91. The van der Waals surface area contributed by atoms with Crippen LogP contribution in [0.4, 0.5) is 10.7 Å². The topological polar surface area (TPSA) is 154 Å². The van der Waals surface area contributed by atoms with Gasteiger partial charge in [-0.25, -0.2) is 18.2 Å². The molecule has 2 aromatic heterocycles. The molecule has 14 heteroatoms. The maximum atomic E-state index is 13.3. The van der Waals surface area contributed by atoms with Gasteiger partial charge in [0.1, 0.15) is 27.5 Å². The SMILES string of the molecule is CS(=O)(=O)CCCOc1cccc2c1ccn2-c1ccnc(NC2CCC(C(=O)N3CCC(OC(=O)O[C@H]4CCCN4)CC3)CC2)n1. The number of fused-ring (bicyclic) bond motifs is 1. The zero-order valence-electron chi connectivity index (χ0n) is 26.8. The number of hydrogen-bond donors (Lipinski definition) is 2. The number of rotatable bonds is 11. The van der Waals surface area contributed by atoms with Gasteiger partial charge in [0.25, 0.3) is 0 Å². The molecule has 0 spiro atoms. The smallest absolute Gasteiger partial charge is 0.493 e. The van der Waals surface area contributed by atoms with Crippen molar-refractivity contribution in [1.29, 1.82) is 0 Å². The van der Waals surface area contributed by atoms with E-state index in [-0.39, 0.29) is 36.0 Å². The van der Waals surface area contributed by atoms with Gasteiger partial charge in [-0.1, -0.05) is 6.07 Å². The largest absolute Gasteiger partial charge is 0.510 e. The van der Waals surface area contributed by atoms with Crippen molar-refractivity contribution in [3.63, 3.8) is 0 Å². The van der Waals surface area contributed by atoms with Gasteiger partial charge in [-0.2, -0.15) is 4.98 Å². The number of aromatic nitrogens is 3. The minimum atomic E-state index is -3.03. The van der Waals surface area contributed by atoms with Gasteiger partial charge in [0, 0.05) is 61.9 Å². The molecule has 254 valence electrons. The summed E-state index contributed by atoms with van der Waals surface area (Å²) in [7, 11) is -3.03. The molecule has 3 aliphatic rings. The van der Waals surface area contributed by atoms with Crippen molar-refractivity contribution < 1.29 is 32.2 Å². The maximum absolute atomic E-state index is 13.3. The molecule has 13 nitrogen and oxygen atoms in total. The van der Waals surface area contributed by atoms with E-state index in [0.29, 0.717) is 56.5 Å². The van der Waals surface area contributed by atoms with E-state index in [0.717, 1.165) is 56.0 Å². The summed E-state index contributed by atoms with van der Waals surface area (Å²) in [5.74, 6) is 2.22. The second-order valence-corrected chi connectivity index (χ2v) is 15.0. The zero-order valence-corrected chi connectivity index (χ0v) is 27.6. The van der Waals surface area contributed by atoms with Crippen LogP contribution in [-0.2, 0) is 24.1 Å². The second kappa shape index (κ2) is 14.9. The van der Waals surface area contributed by atoms with Crippen LogP contribution < -0.4 is 15.4 Å². The Morgan fingerprint density at radius 3 is 2.57 bits per heavy atom. The van der Waals surface area contributed by atoms with Gasteiger partial charge in [-0.3, -0.25) is 10.1 Å². The van der Waals surface area contributed by atoms with Crippen LogP contribution in [0.1, 0.15) is 57.8 Å². The number of nitrogens with one attached hydrogen (secondary N) is 2. The van der Waals surface area contributed by atoms with E-state index in [4.69, 9.17) is 19.2 Å². The maximum Gasteiger partial charge on any atom is 0.510 e. The first kappa shape index (κ1) is 33.0. The van der Waals surface area contributed by atoms with E-state index < -0.39 is 16.0 Å². The standard InChI is InChI=1S/C33H44N6O7S/c1-47(42,43)22-4-21-44-28-6-2-5-27-26(28)15-20-39(27)29-12-17-35-32(37-29)36-24-10-8-23(9-11-24)31(40)38-18-13-25(14-19-38)45-33(41)46-30-7-3-16-34-30/h2,5-6,12,15,17,20,23-25,30,34H,3-4,7-11,13-14,16,18-19,21-22H2,1H3,(H,35,36,37)/t23?,24?,30-/m0/s1. The highest BCUT2D eigenvalue weighted by atomic mass is 32.2. The summed E-state index contributed by atoms with van der Waals surface area (Å²) >= 11 is 0. The van der Waals surface area contributed by atoms with Crippen LogP contribution in [0.2, 0.25) is 0 Å². The lowest BCUT2D eigenvalue weighted by atomic mass is 9.85. The average molecular weight is 669 g/mol. The first-order valence-corrected chi connectivity index (χ1v) is 18.7. The molecular formula is C33H44N6O7S. The van der Waals surface area contributed by atoms with E-state index in [9.17, 15) is 18.0 Å². The number of carbonyl (C=O) groups is 2. The Labute approximate surface area is 275 Å². The number of piperidine rings is 1. The monoisotopic (exact) mass is 668 g/mol. The minimum absolute atomic E-state index is 0.00907. The molecule has 2 aliphatic heterocycles. The highest BCUT2D eigenvalue weighted by molar-refractivity contribution is 7.90. The number of hydrogen-bond acceptors (Lipinski definition) is 11. The van der Waals surface area contributed by atoms with Crippen LogP contribution >= 0.6 is 0 Å². The van der Waals surface area contributed by atoms with E-state index in [2.05, 4.69) is 15.6 Å². The van der Waals surface area contributed by atoms with E-state index in [1.54, 1.807) is 6.20 Å². The number of ether oxygens (including phenoxy) is 3. The van der Waals surface area contributed by atoms with Crippen LogP contribution in [0.5, 0.6) is 5.75 Å². The Morgan fingerprint density at radius 1 is 1.02 bits per heavy atom. The Kier molecular flexibility index (Phi) is 10.5. The molecule has 1 aromatic carbocycles. The van der Waals surface area contributed by atoms with Gasteiger partial charge in [0.05, 0.1) is 17.9 Å². The Balaban J connectivity index is 0.970. The fraction of sp³-hybridized carbons (Fsp3) is 0.576. The molecule has 3 fully saturated rings. The van der Waals surface area contributed by atoms with Crippen molar-refractivity contribution in [3.8, 4) is 11.6 Å². The minimum Gasteiger partial charge on any atom is -0.493 e. The van der Waals surface area contributed by atoms with Gasteiger partial charge in [-0.05, 0) is 75.8 Å². The van der Waals surface area contributed by atoms with Crippen molar-refractivity contribution >= 4 is 38.8 Å². The highest BCUT2D eigenvalue weighted by Gasteiger charge is 2.33. The molecule has 2 N–H and O–H groups in total. The summed E-state index contributed by atoms with van der Waals surface area (Å²) in [6.07, 6.45) is 10.5. The second-order valence-electron chi connectivity index (χ2n) is 12.7. The molecule has 1 aliphatic carbocycles. The lowest BCUT2D eigenvalue weighted by Gasteiger charge is -2.36. The Bertz CT molecular complexity index is 1640. The summed E-state index contributed by atoms with van der Waals surface area (Å²) in [5.41, 5.74) is 0.922. The zero-order chi connectivity index (χ0) is 32.8. The normalized spacial score (nSPS) is 22.2. The molecule has 0 radical (unpaired) electrons. The van der Waals surface area contributed by atoms with E-state index >= 15 is 0 Å². The summed E-state index contributed by atoms with van der Waals surface area (Å²) in [5, 5.41) is 7.51. The molecule has 3 aromatic rings.